The normalized spacial score (nSPS) is 18.9. The lowest BCUT2D eigenvalue weighted by molar-refractivity contribution is 0.188. The molecule has 1 aliphatic heterocycles. The summed E-state index contributed by atoms with van der Waals surface area (Å²) in [6.45, 7) is 6.68. The van der Waals surface area contributed by atoms with Crippen LogP contribution in [0.3, 0.4) is 0 Å². The van der Waals surface area contributed by atoms with Crippen LogP contribution in [-0.4, -0.2) is 45.4 Å². The van der Waals surface area contributed by atoms with Crippen molar-refractivity contribution in [1.29, 1.82) is 0 Å². The highest BCUT2D eigenvalue weighted by Gasteiger charge is 2.23. The highest BCUT2D eigenvalue weighted by Crippen LogP contribution is 2.16. The lowest BCUT2D eigenvalue weighted by Gasteiger charge is -2.22. The van der Waals surface area contributed by atoms with Gasteiger partial charge in [-0.25, -0.2) is 13.1 Å². The van der Waals surface area contributed by atoms with Crippen molar-refractivity contribution >= 4 is 10.0 Å². The van der Waals surface area contributed by atoms with E-state index in [9.17, 15) is 8.42 Å². The molecule has 1 aliphatic rings. The van der Waals surface area contributed by atoms with E-state index in [2.05, 4.69) is 36.6 Å². The van der Waals surface area contributed by atoms with Gasteiger partial charge in [0, 0.05) is 25.7 Å². The minimum atomic E-state index is -3.27. The van der Waals surface area contributed by atoms with Crippen molar-refractivity contribution in [3.63, 3.8) is 0 Å². The quantitative estimate of drug-likeness (QED) is 0.786. The number of nitrogens with zero attached hydrogens (tertiary/aromatic N) is 1. The summed E-state index contributed by atoms with van der Waals surface area (Å²) in [6.07, 6.45) is 0.830. The fraction of sp³-hybridized carbons (Fsp3) is 0.647. The van der Waals surface area contributed by atoms with Gasteiger partial charge in [-0.3, -0.25) is 4.90 Å². The Labute approximate surface area is 140 Å². The third-order valence-corrected chi connectivity index (χ3v) is 5.88. The maximum atomic E-state index is 12.2. The second-order valence-electron chi connectivity index (χ2n) is 6.61. The molecule has 0 saturated carbocycles. The lowest BCUT2D eigenvalue weighted by atomic mass is 10.1. The lowest BCUT2D eigenvalue weighted by Crippen LogP contribution is -2.31. The van der Waals surface area contributed by atoms with Gasteiger partial charge in [0.15, 0.2) is 0 Å². The molecule has 1 fully saturated rings. The van der Waals surface area contributed by atoms with Gasteiger partial charge in [0.2, 0.25) is 10.0 Å². The summed E-state index contributed by atoms with van der Waals surface area (Å²) in [7, 11) is -1.19. The molecule has 0 amide bonds. The first-order valence-corrected chi connectivity index (χ1v) is 9.84. The van der Waals surface area contributed by atoms with Crippen LogP contribution in [-0.2, 0) is 27.8 Å². The molecule has 1 N–H and O–H groups in total. The van der Waals surface area contributed by atoms with Crippen LogP contribution in [0.2, 0.25) is 0 Å². The van der Waals surface area contributed by atoms with E-state index in [-0.39, 0.29) is 11.7 Å². The predicted molar refractivity (Wildman–Crippen MR) is 92.6 cm³/mol. The molecule has 1 atom stereocenters. The van der Waals surface area contributed by atoms with Crippen molar-refractivity contribution in [3.05, 3.63) is 35.4 Å². The molecule has 1 heterocycles. The highest BCUT2D eigenvalue weighted by atomic mass is 32.2. The molecule has 2 rings (SSSR count). The molecule has 0 aliphatic carbocycles. The standard InChI is InChI=1S/C17H28N2O3S/c1-14(2)19(3)11-17-7-5-4-6-16(17)10-18-23(20,21)13-15-8-9-22-12-15/h4-7,14-15,18H,8-13H2,1-3H3. The summed E-state index contributed by atoms with van der Waals surface area (Å²) in [4.78, 5) is 2.24. The van der Waals surface area contributed by atoms with Crippen molar-refractivity contribution in [1.82, 2.24) is 9.62 Å². The van der Waals surface area contributed by atoms with Gasteiger partial charge in [-0.15, -0.1) is 0 Å². The molecule has 0 spiro atoms. The summed E-state index contributed by atoms with van der Waals surface area (Å²) >= 11 is 0. The van der Waals surface area contributed by atoms with E-state index < -0.39 is 10.0 Å². The third-order valence-electron chi connectivity index (χ3n) is 4.38. The minimum absolute atomic E-state index is 0.120. The van der Waals surface area contributed by atoms with E-state index in [0.717, 1.165) is 24.1 Å². The molecule has 5 nitrogen and oxygen atoms in total. The Morgan fingerprint density at radius 1 is 1.30 bits per heavy atom. The summed E-state index contributed by atoms with van der Waals surface area (Å²) in [5.41, 5.74) is 2.20. The number of hydrogen-bond acceptors (Lipinski definition) is 4. The molecule has 0 aromatic heterocycles. The molecule has 0 bridgehead atoms. The van der Waals surface area contributed by atoms with Crippen molar-refractivity contribution < 1.29 is 13.2 Å². The van der Waals surface area contributed by atoms with Gasteiger partial charge in [-0.1, -0.05) is 24.3 Å². The molecule has 1 aromatic rings. The SMILES string of the molecule is CC(C)N(C)Cc1ccccc1CNS(=O)(=O)CC1CCOC1. The zero-order valence-electron chi connectivity index (χ0n) is 14.3. The van der Waals surface area contributed by atoms with Gasteiger partial charge >= 0.3 is 0 Å². The summed E-state index contributed by atoms with van der Waals surface area (Å²) in [6, 6.07) is 8.45. The third kappa shape index (κ3) is 5.88. The van der Waals surface area contributed by atoms with E-state index >= 15 is 0 Å². The van der Waals surface area contributed by atoms with Gasteiger partial charge in [-0.2, -0.15) is 0 Å². The van der Waals surface area contributed by atoms with Crippen LogP contribution in [0, 0.1) is 5.92 Å². The van der Waals surface area contributed by atoms with Gasteiger partial charge < -0.3 is 4.74 Å². The Hall–Kier alpha value is -0.950. The fourth-order valence-electron chi connectivity index (χ4n) is 2.61. The average Bonchev–Trinajstić information content (AvgIpc) is 2.98. The van der Waals surface area contributed by atoms with Gasteiger partial charge in [-0.05, 0) is 44.4 Å². The second kappa shape index (κ2) is 8.24. The highest BCUT2D eigenvalue weighted by molar-refractivity contribution is 7.89. The van der Waals surface area contributed by atoms with E-state index in [1.54, 1.807) is 0 Å². The first-order valence-electron chi connectivity index (χ1n) is 8.19. The Morgan fingerprint density at radius 3 is 2.61 bits per heavy atom. The van der Waals surface area contributed by atoms with E-state index in [1.807, 2.05) is 18.2 Å². The fourth-order valence-corrected chi connectivity index (χ4v) is 3.98. The Morgan fingerprint density at radius 2 is 2.00 bits per heavy atom. The first kappa shape index (κ1) is 18.4. The number of sulfonamides is 1. The second-order valence-corrected chi connectivity index (χ2v) is 8.46. The smallest absolute Gasteiger partial charge is 0.212 e. The van der Waals surface area contributed by atoms with Crippen molar-refractivity contribution in [3.8, 4) is 0 Å². The van der Waals surface area contributed by atoms with Gasteiger partial charge in [0.1, 0.15) is 0 Å². The van der Waals surface area contributed by atoms with E-state index in [4.69, 9.17) is 4.74 Å². The zero-order valence-corrected chi connectivity index (χ0v) is 15.1. The molecule has 130 valence electrons. The Balaban J connectivity index is 1.96. The molecular weight excluding hydrogens is 312 g/mol. The number of hydrogen-bond donors (Lipinski definition) is 1. The molecule has 23 heavy (non-hydrogen) atoms. The molecule has 6 heteroatoms. The largest absolute Gasteiger partial charge is 0.381 e. The van der Waals surface area contributed by atoms with E-state index in [0.29, 0.717) is 25.8 Å². The maximum absolute atomic E-state index is 12.2. The first-order chi connectivity index (χ1) is 10.9. The zero-order chi connectivity index (χ0) is 16.9. The molecule has 1 aromatic carbocycles. The Bertz CT molecular complexity index is 596. The predicted octanol–water partition coefficient (Wildman–Crippen LogP) is 1.98. The molecule has 0 radical (unpaired) electrons. The monoisotopic (exact) mass is 340 g/mol. The van der Waals surface area contributed by atoms with Crippen LogP contribution < -0.4 is 4.72 Å². The molecule has 1 saturated heterocycles. The Kier molecular flexibility index (Phi) is 6.59. The van der Waals surface area contributed by atoms with Gasteiger partial charge in [0.25, 0.3) is 0 Å². The van der Waals surface area contributed by atoms with Gasteiger partial charge in [0.05, 0.1) is 12.4 Å². The van der Waals surface area contributed by atoms with E-state index in [1.165, 1.54) is 0 Å². The van der Waals surface area contributed by atoms with Crippen LogP contribution in [0.15, 0.2) is 24.3 Å². The minimum Gasteiger partial charge on any atom is -0.381 e. The van der Waals surface area contributed by atoms with Crippen LogP contribution in [0.25, 0.3) is 0 Å². The number of ether oxygens (including phenoxy) is 1. The molecular formula is C17H28N2O3S. The van der Waals surface area contributed by atoms with Crippen LogP contribution >= 0.6 is 0 Å². The van der Waals surface area contributed by atoms with Crippen LogP contribution in [0.5, 0.6) is 0 Å². The number of rotatable bonds is 8. The maximum Gasteiger partial charge on any atom is 0.212 e. The van der Waals surface area contributed by atoms with Crippen LogP contribution in [0.4, 0.5) is 0 Å². The topological polar surface area (TPSA) is 58.6 Å². The molecule has 1 unspecified atom stereocenters. The van der Waals surface area contributed by atoms with Crippen molar-refractivity contribution in [2.45, 2.75) is 39.4 Å². The van der Waals surface area contributed by atoms with Crippen molar-refractivity contribution in [2.24, 2.45) is 5.92 Å². The summed E-state index contributed by atoms with van der Waals surface area (Å²) < 4.78 is 32.4. The number of nitrogens with one attached hydrogen (secondary N) is 1. The average molecular weight is 340 g/mol. The van der Waals surface area contributed by atoms with Crippen LogP contribution in [0.1, 0.15) is 31.4 Å². The van der Waals surface area contributed by atoms with Crippen molar-refractivity contribution in [2.75, 3.05) is 26.0 Å². The summed E-state index contributed by atoms with van der Waals surface area (Å²) in [5.74, 6) is 0.274. The summed E-state index contributed by atoms with van der Waals surface area (Å²) in [5, 5.41) is 0. The number of benzene rings is 1.